The van der Waals surface area contributed by atoms with Crippen molar-refractivity contribution in [1.82, 2.24) is 20.9 Å². The quantitative estimate of drug-likeness (QED) is 0.342. The van der Waals surface area contributed by atoms with Gasteiger partial charge in [0.15, 0.2) is 23.0 Å². The van der Waals surface area contributed by atoms with Gasteiger partial charge in [0.2, 0.25) is 0 Å². The first-order valence-corrected chi connectivity index (χ1v) is 17.6. The summed E-state index contributed by atoms with van der Waals surface area (Å²) in [4.78, 5) is 24.6. The van der Waals surface area contributed by atoms with Crippen molar-refractivity contribution < 1.29 is 28.5 Å². The lowest BCUT2D eigenvalue weighted by atomic mass is 9.96. The molecule has 8 rings (SSSR count). The van der Waals surface area contributed by atoms with E-state index in [1.54, 1.807) is 19.1 Å². The van der Waals surface area contributed by atoms with Gasteiger partial charge in [-0.2, -0.15) is 0 Å². The van der Waals surface area contributed by atoms with Crippen LogP contribution in [0.2, 0.25) is 0 Å². The number of fused-ring (bicyclic) bond motifs is 4. The van der Waals surface area contributed by atoms with Crippen LogP contribution in [0.3, 0.4) is 0 Å². The SMILES string of the molecule is COc1ccc(C2CNC(=O)N(C)C2)cc1O[C@H]1C[C@@H]2CC[C@H]1C2.COc1ccc(C2CNC(=O)NC2)cc1O[C@H]1C[C@@H]2CC[C@H]1C2. The maximum Gasteiger partial charge on any atom is 0.317 e. The molecule has 10 heteroatoms. The lowest BCUT2D eigenvalue weighted by Gasteiger charge is -2.31. The number of carbonyl (C=O) groups is 2. The fraction of sp³-hybridized carbons (Fsp3) is 0.622. The molecular formula is C37H50N4O6. The number of methoxy groups -OCH3 is 2. The van der Waals surface area contributed by atoms with Crippen LogP contribution in [-0.2, 0) is 0 Å². The first-order valence-electron chi connectivity index (χ1n) is 17.6. The Hall–Kier alpha value is -3.82. The molecule has 10 nitrogen and oxygen atoms in total. The van der Waals surface area contributed by atoms with Crippen LogP contribution < -0.4 is 34.9 Å². The van der Waals surface area contributed by atoms with Gasteiger partial charge in [-0.05, 0) is 110 Å². The van der Waals surface area contributed by atoms with Gasteiger partial charge in [-0.1, -0.05) is 12.1 Å². The number of hydrogen-bond donors (Lipinski definition) is 3. The highest BCUT2D eigenvalue weighted by Crippen LogP contribution is 2.48. The van der Waals surface area contributed by atoms with Gasteiger partial charge in [0.1, 0.15) is 12.2 Å². The molecule has 2 aromatic carbocycles. The van der Waals surface area contributed by atoms with E-state index in [1.807, 2.05) is 19.2 Å². The van der Waals surface area contributed by atoms with Gasteiger partial charge in [-0.25, -0.2) is 9.59 Å². The predicted octanol–water partition coefficient (Wildman–Crippen LogP) is 5.66. The Morgan fingerprint density at radius 1 is 0.638 bits per heavy atom. The molecule has 4 aliphatic carbocycles. The summed E-state index contributed by atoms with van der Waals surface area (Å²) in [6.45, 7) is 2.71. The fourth-order valence-electron chi connectivity index (χ4n) is 8.92. The Labute approximate surface area is 278 Å². The van der Waals surface area contributed by atoms with Crippen LogP contribution in [0.1, 0.15) is 74.3 Å². The summed E-state index contributed by atoms with van der Waals surface area (Å²) in [5.74, 6) is 6.98. The molecule has 6 fully saturated rings. The third kappa shape index (κ3) is 6.92. The molecule has 2 aromatic rings. The number of rotatable bonds is 8. The first-order chi connectivity index (χ1) is 22.9. The molecule has 2 heterocycles. The van der Waals surface area contributed by atoms with Gasteiger partial charge < -0.3 is 39.8 Å². The van der Waals surface area contributed by atoms with Gasteiger partial charge in [-0.15, -0.1) is 0 Å². The Kier molecular flexibility index (Phi) is 9.28. The van der Waals surface area contributed by atoms with Gasteiger partial charge in [0, 0.05) is 45.1 Å². The topological polar surface area (TPSA) is 110 Å². The smallest absolute Gasteiger partial charge is 0.317 e. The van der Waals surface area contributed by atoms with Crippen molar-refractivity contribution in [2.45, 2.75) is 75.4 Å². The maximum absolute atomic E-state index is 11.6. The summed E-state index contributed by atoms with van der Waals surface area (Å²) in [5, 5.41) is 8.64. The molecule has 4 bridgehead atoms. The van der Waals surface area contributed by atoms with E-state index in [4.69, 9.17) is 18.9 Å². The normalized spacial score (nSPS) is 31.0. The van der Waals surface area contributed by atoms with E-state index in [0.717, 1.165) is 41.4 Å². The number of benzene rings is 2. The van der Waals surface area contributed by atoms with E-state index >= 15 is 0 Å². The van der Waals surface area contributed by atoms with Gasteiger partial charge in [-0.3, -0.25) is 0 Å². The van der Waals surface area contributed by atoms with E-state index < -0.39 is 0 Å². The Bertz CT molecular complexity index is 1440. The van der Waals surface area contributed by atoms with Crippen molar-refractivity contribution in [2.75, 3.05) is 47.4 Å². The summed E-state index contributed by atoms with van der Waals surface area (Å²) in [7, 11) is 5.21. The lowest BCUT2D eigenvalue weighted by Crippen LogP contribution is -2.48. The Morgan fingerprint density at radius 3 is 1.60 bits per heavy atom. The number of amides is 4. The van der Waals surface area contributed by atoms with Crippen molar-refractivity contribution in [2.24, 2.45) is 23.7 Å². The fourth-order valence-corrected chi connectivity index (χ4v) is 8.92. The number of likely N-dealkylation sites (N-methyl/N-ethyl adjacent to an activating group) is 1. The molecule has 7 atom stereocenters. The average Bonchev–Trinajstić information content (AvgIpc) is 3.91. The highest BCUT2D eigenvalue weighted by molar-refractivity contribution is 5.75. The number of nitrogens with zero attached hydrogens (tertiary/aromatic N) is 1. The van der Waals surface area contributed by atoms with E-state index in [9.17, 15) is 9.59 Å². The summed E-state index contributed by atoms with van der Waals surface area (Å²) >= 11 is 0. The molecule has 4 saturated carbocycles. The molecular weight excluding hydrogens is 596 g/mol. The summed E-state index contributed by atoms with van der Waals surface area (Å²) < 4.78 is 23.7. The number of urea groups is 2. The van der Waals surface area contributed by atoms with Crippen LogP contribution in [0.5, 0.6) is 23.0 Å². The van der Waals surface area contributed by atoms with Crippen molar-refractivity contribution in [1.29, 1.82) is 0 Å². The van der Waals surface area contributed by atoms with E-state index in [1.165, 1.54) is 62.5 Å². The molecule has 2 aliphatic heterocycles. The monoisotopic (exact) mass is 646 g/mol. The lowest BCUT2D eigenvalue weighted by molar-refractivity contribution is 0.133. The molecule has 3 N–H and O–H groups in total. The average molecular weight is 647 g/mol. The molecule has 4 amide bonds. The van der Waals surface area contributed by atoms with Crippen LogP contribution in [0.15, 0.2) is 36.4 Å². The molecule has 0 spiro atoms. The minimum absolute atomic E-state index is 0.00165. The molecule has 0 aromatic heterocycles. The van der Waals surface area contributed by atoms with Crippen LogP contribution >= 0.6 is 0 Å². The number of ether oxygens (including phenoxy) is 4. The molecule has 254 valence electrons. The highest BCUT2D eigenvalue weighted by atomic mass is 16.5. The van der Waals surface area contributed by atoms with Crippen LogP contribution in [0.25, 0.3) is 0 Å². The molecule has 47 heavy (non-hydrogen) atoms. The third-order valence-electron chi connectivity index (χ3n) is 11.6. The minimum Gasteiger partial charge on any atom is -0.493 e. The van der Waals surface area contributed by atoms with E-state index in [0.29, 0.717) is 43.7 Å². The highest BCUT2D eigenvalue weighted by Gasteiger charge is 2.42. The summed E-state index contributed by atoms with van der Waals surface area (Å²) in [6, 6.07) is 12.2. The standard InChI is InChI=1S/C19H26N2O3.C18H24N2O3/c1-21-11-15(10-20-19(21)22)13-5-6-16(23-2)18(9-13)24-17-8-12-3-4-14(17)7-12;1-22-15-5-4-12(14-9-19-18(21)20-10-14)8-17(15)23-16-7-11-2-3-13(16)6-11/h5-6,9,12,14-15,17H,3-4,7-8,10-11H2,1-2H3,(H,20,22);4-5,8,11,13-14,16H,2-3,6-7,9-10H2,1H3,(H2,19,20,21)/t12-,14+,15?,17+;11-,13+,16+/m11/s1. The van der Waals surface area contributed by atoms with Gasteiger partial charge in [0.25, 0.3) is 0 Å². The third-order valence-corrected chi connectivity index (χ3v) is 11.6. The van der Waals surface area contributed by atoms with Crippen molar-refractivity contribution in [3.8, 4) is 23.0 Å². The largest absolute Gasteiger partial charge is 0.493 e. The molecule has 0 radical (unpaired) electrons. The second-order valence-corrected chi connectivity index (χ2v) is 14.5. The molecule has 1 unspecified atom stereocenters. The molecule has 6 aliphatic rings. The zero-order valence-electron chi connectivity index (χ0n) is 28.0. The van der Waals surface area contributed by atoms with Crippen LogP contribution in [0, 0.1) is 23.7 Å². The number of nitrogens with one attached hydrogen (secondary N) is 3. The van der Waals surface area contributed by atoms with Crippen molar-refractivity contribution in [3.63, 3.8) is 0 Å². The minimum atomic E-state index is -0.0896. The number of carbonyl (C=O) groups excluding carboxylic acids is 2. The summed E-state index contributed by atoms with van der Waals surface area (Å²) in [6.07, 6.45) is 11.0. The number of hydrogen-bond acceptors (Lipinski definition) is 6. The van der Waals surface area contributed by atoms with Crippen molar-refractivity contribution >= 4 is 12.1 Å². The van der Waals surface area contributed by atoms with Gasteiger partial charge >= 0.3 is 12.1 Å². The maximum atomic E-state index is 11.6. The van der Waals surface area contributed by atoms with Crippen molar-refractivity contribution in [3.05, 3.63) is 47.5 Å². The molecule has 2 saturated heterocycles. The van der Waals surface area contributed by atoms with E-state index in [2.05, 4.69) is 40.2 Å². The van der Waals surface area contributed by atoms with Crippen LogP contribution in [0.4, 0.5) is 9.59 Å². The van der Waals surface area contributed by atoms with Crippen LogP contribution in [-0.4, -0.2) is 76.6 Å². The van der Waals surface area contributed by atoms with E-state index in [-0.39, 0.29) is 23.9 Å². The predicted molar refractivity (Wildman–Crippen MR) is 179 cm³/mol. The second kappa shape index (κ2) is 13.7. The zero-order valence-corrected chi connectivity index (χ0v) is 28.0. The zero-order chi connectivity index (χ0) is 32.5. The summed E-state index contributed by atoms with van der Waals surface area (Å²) in [5.41, 5.74) is 2.37. The first kappa shape index (κ1) is 31.8. The Balaban J connectivity index is 0.000000150. The second-order valence-electron chi connectivity index (χ2n) is 14.5. The Morgan fingerprint density at radius 2 is 1.15 bits per heavy atom. The van der Waals surface area contributed by atoms with Gasteiger partial charge in [0.05, 0.1) is 14.2 Å².